The molecule has 2 N–H and O–H groups in total. The van der Waals surface area contributed by atoms with E-state index in [2.05, 4.69) is 29.2 Å². The number of pyridine rings is 1. The molecule has 33 heavy (non-hydrogen) atoms. The predicted octanol–water partition coefficient (Wildman–Crippen LogP) is 1.75. The average molecular weight is 470 g/mol. The topological polar surface area (TPSA) is 155 Å². The van der Waals surface area contributed by atoms with Crippen LogP contribution >= 0.6 is 0 Å². The molecule has 0 radical (unpaired) electrons. The van der Waals surface area contributed by atoms with Crippen LogP contribution < -0.4 is 5.14 Å². The highest BCUT2D eigenvalue weighted by atomic mass is 32.2. The van der Waals surface area contributed by atoms with Crippen molar-refractivity contribution in [2.75, 3.05) is 6.61 Å². The van der Waals surface area contributed by atoms with Crippen LogP contribution in [0, 0.1) is 12.8 Å². The van der Waals surface area contributed by atoms with Crippen LogP contribution in [0.25, 0.3) is 0 Å². The summed E-state index contributed by atoms with van der Waals surface area (Å²) < 4.78 is 28.3. The molecule has 0 bridgehead atoms. The largest absolute Gasteiger partial charge is 0.333 e. The summed E-state index contributed by atoms with van der Waals surface area (Å²) in [6.07, 6.45) is 8.10. The van der Waals surface area contributed by atoms with Crippen molar-refractivity contribution in [3.05, 3.63) is 65.6 Å². The van der Waals surface area contributed by atoms with Crippen LogP contribution in [-0.2, 0) is 21.0 Å². The molecule has 172 valence electrons. The molecular formula is C21H23N7O4S. The monoisotopic (exact) mass is 469 g/mol. The smallest absolute Gasteiger partial charge is 0.287 e. The van der Waals surface area contributed by atoms with Gasteiger partial charge in [-0.1, -0.05) is 0 Å². The maximum atomic E-state index is 13.1. The van der Waals surface area contributed by atoms with E-state index in [4.69, 9.17) is 5.14 Å². The number of hydrogen-bond acceptors (Lipinski definition) is 9. The van der Waals surface area contributed by atoms with E-state index in [1.807, 2.05) is 19.1 Å². The molecule has 0 spiro atoms. The van der Waals surface area contributed by atoms with Gasteiger partial charge in [-0.15, -0.1) is 0 Å². The number of aliphatic imine (C=N–C) groups is 1. The van der Waals surface area contributed by atoms with E-state index in [9.17, 15) is 13.2 Å². The van der Waals surface area contributed by atoms with Gasteiger partial charge in [0.1, 0.15) is 12.0 Å². The number of carbonyl (C=O) groups is 1. The Labute approximate surface area is 191 Å². The molecule has 1 fully saturated rings. The fraction of sp³-hybridized carbons (Fsp3) is 0.333. The van der Waals surface area contributed by atoms with Crippen LogP contribution in [0.5, 0.6) is 0 Å². The van der Waals surface area contributed by atoms with Gasteiger partial charge in [0.05, 0.1) is 24.4 Å². The summed E-state index contributed by atoms with van der Waals surface area (Å²) >= 11 is 0. The number of hydrogen-bond donors (Lipinski definition) is 1. The van der Waals surface area contributed by atoms with E-state index < -0.39 is 10.3 Å². The molecular weight excluding hydrogens is 446 g/mol. The minimum absolute atomic E-state index is 0.000641. The van der Waals surface area contributed by atoms with Crippen molar-refractivity contribution in [2.45, 2.75) is 32.7 Å². The lowest BCUT2D eigenvalue weighted by Gasteiger charge is -2.07. The van der Waals surface area contributed by atoms with Gasteiger partial charge in [-0.3, -0.25) is 18.6 Å². The molecule has 0 saturated heterocycles. The van der Waals surface area contributed by atoms with Gasteiger partial charge < -0.3 is 0 Å². The van der Waals surface area contributed by atoms with E-state index in [1.165, 1.54) is 12.5 Å². The van der Waals surface area contributed by atoms with Crippen molar-refractivity contribution in [2.24, 2.45) is 16.0 Å². The number of aryl methyl sites for hydroxylation is 1. The van der Waals surface area contributed by atoms with Crippen LogP contribution in [0.2, 0.25) is 0 Å². The van der Waals surface area contributed by atoms with Crippen LogP contribution in [0.4, 0.5) is 5.82 Å². The van der Waals surface area contributed by atoms with Crippen molar-refractivity contribution in [3.8, 4) is 0 Å². The van der Waals surface area contributed by atoms with Gasteiger partial charge >= 0.3 is 10.3 Å². The molecule has 1 saturated carbocycles. The molecule has 1 aliphatic carbocycles. The fourth-order valence-corrected chi connectivity index (χ4v) is 4.01. The molecule has 0 amide bonds. The molecule has 1 atom stereocenters. The molecule has 3 heterocycles. The van der Waals surface area contributed by atoms with E-state index in [0.29, 0.717) is 25.8 Å². The lowest BCUT2D eigenvalue weighted by atomic mass is 10.1. The second kappa shape index (κ2) is 9.65. The van der Waals surface area contributed by atoms with Gasteiger partial charge in [-0.2, -0.15) is 13.5 Å². The highest BCUT2D eigenvalue weighted by Crippen LogP contribution is 2.27. The molecule has 3 aromatic rings. The highest BCUT2D eigenvalue weighted by molar-refractivity contribution is 7.84. The number of rotatable bonds is 8. The first-order chi connectivity index (χ1) is 15.8. The Kier molecular flexibility index (Phi) is 6.67. The molecule has 3 aromatic heterocycles. The Morgan fingerprint density at radius 1 is 1.33 bits per heavy atom. The zero-order valence-corrected chi connectivity index (χ0v) is 18.8. The second-order valence-electron chi connectivity index (χ2n) is 7.88. The van der Waals surface area contributed by atoms with Crippen LogP contribution in [0.3, 0.4) is 0 Å². The van der Waals surface area contributed by atoms with Gasteiger partial charge in [0.15, 0.2) is 5.82 Å². The number of aromatic nitrogens is 5. The van der Waals surface area contributed by atoms with Gasteiger partial charge in [-0.05, 0) is 55.9 Å². The van der Waals surface area contributed by atoms with Crippen molar-refractivity contribution >= 4 is 27.6 Å². The van der Waals surface area contributed by atoms with Crippen LogP contribution in [0.15, 0.2) is 48.1 Å². The SMILES string of the molecule is Cc1ccnc(Cn2ccc(C(=O)c3cncnc3N=C3CCC(COS(N)(=O)=O)C3)n2)c1. The van der Waals surface area contributed by atoms with Crippen LogP contribution in [0.1, 0.15) is 46.6 Å². The third-order valence-corrected chi connectivity index (χ3v) is 5.67. The maximum Gasteiger partial charge on any atom is 0.333 e. The summed E-state index contributed by atoms with van der Waals surface area (Å²) in [5.74, 6) is -0.0973. The summed E-state index contributed by atoms with van der Waals surface area (Å²) in [5, 5.41) is 9.27. The third-order valence-electron chi connectivity index (χ3n) is 5.20. The Morgan fingerprint density at radius 3 is 2.97 bits per heavy atom. The fourth-order valence-electron chi connectivity index (χ4n) is 3.63. The van der Waals surface area contributed by atoms with E-state index in [0.717, 1.165) is 17.0 Å². The number of nitrogens with two attached hydrogens (primary N) is 1. The van der Waals surface area contributed by atoms with Crippen molar-refractivity contribution in [3.63, 3.8) is 0 Å². The minimum Gasteiger partial charge on any atom is -0.287 e. The molecule has 12 heteroatoms. The second-order valence-corrected chi connectivity index (χ2v) is 9.10. The Morgan fingerprint density at radius 2 is 2.18 bits per heavy atom. The number of carbonyl (C=O) groups excluding carboxylic acids is 1. The Balaban J connectivity index is 1.48. The van der Waals surface area contributed by atoms with Crippen molar-refractivity contribution in [1.29, 1.82) is 0 Å². The number of nitrogens with zero attached hydrogens (tertiary/aromatic N) is 6. The standard InChI is InChI=1S/C21H23N7O4S/c1-14-4-6-24-17(8-14)11-28-7-5-19(27-28)20(29)18-10-23-13-25-21(18)26-16-3-2-15(9-16)12-32-33(22,30)31/h4-8,10,13,15H,2-3,9,11-12H2,1H3,(H2,22,30,31). The van der Waals surface area contributed by atoms with Gasteiger partial charge in [0.2, 0.25) is 5.78 Å². The van der Waals surface area contributed by atoms with Crippen LogP contribution in [-0.4, -0.2) is 51.3 Å². The number of ketones is 1. The van der Waals surface area contributed by atoms with Gasteiger partial charge in [0, 0.05) is 24.3 Å². The van der Waals surface area contributed by atoms with E-state index >= 15 is 0 Å². The first kappa shape index (κ1) is 22.8. The molecule has 1 aliphatic rings. The maximum absolute atomic E-state index is 13.1. The summed E-state index contributed by atoms with van der Waals surface area (Å²) in [5.41, 5.74) is 3.24. The van der Waals surface area contributed by atoms with Crippen molar-refractivity contribution in [1.82, 2.24) is 24.7 Å². The summed E-state index contributed by atoms with van der Waals surface area (Å²) in [6, 6.07) is 5.52. The lowest BCUT2D eigenvalue weighted by molar-refractivity contribution is 0.103. The van der Waals surface area contributed by atoms with Crippen molar-refractivity contribution < 1.29 is 17.4 Å². The summed E-state index contributed by atoms with van der Waals surface area (Å²) in [7, 11) is -3.97. The molecule has 0 aliphatic heterocycles. The highest BCUT2D eigenvalue weighted by Gasteiger charge is 2.24. The first-order valence-electron chi connectivity index (χ1n) is 10.3. The Hall–Kier alpha value is -3.35. The molecule has 11 nitrogen and oxygen atoms in total. The lowest BCUT2D eigenvalue weighted by Crippen LogP contribution is -2.19. The molecule has 1 unspecified atom stereocenters. The zero-order valence-electron chi connectivity index (χ0n) is 18.0. The third kappa shape index (κ3) is 6.12. The molecule has 0 aromatic carbocycles. The average Bonchev–Trinajstić information content (AvgIpc) is 3.41. The Bertz CT molecular complexity index is 1300. The minimum atomic E-state index is -3.97. The normalized spacial score (nSPS) is 17.5. The first-order valence-corrected chi connectivity index (χ1v) is 11.8. The predicted molar refractivity (Wildman–Crippen MR) is 119 cm³/mol. The summed E-state index contributed by atoms with van der Waals surface area (Å²) in [4.78, 5) is 30.1. The quantitative estimate of drug-likeness (QED) is 0.489. The summed E-state index contributed by atoms with van der Waals surface area (Å²) in [6.45, 7) is 2.43. The van der Waals surface area contributed by atoms with E-state index in [1.54, 1.807) is 23.1 Å². The zero-order chi connectivity index (χ0) is 23.4. The van der Waals surface area contributed by atoms with Gasteiger partial charge in [0.25, 0.3) is 0 Å². The van der Waals surface area contributed by atoms with Gasteiger partial charge in [-0.25, -0.2) is 20.1 Å². The molecule has 4 rings (SSSR count). The van der Waals surface area contributed by atoms with E-state index in [-0.39, 0.29) is 35.4 Å².